The largest absolute Gasteiger partial charge is 0.508 e. The molecule has 1 amide bonds. The Bertz CT molecular complexity index is 1260. The molecule has 0 radical (unpaired) electrons. The normalized spacial score (nSPS) is 10.6. The summed E-state index contributed by atoms with van der Waals surface area (Å²) in [7, 11) is 1.66. The number of amides is 1. The van der Waals surface area contributed by atoms with Gasteiger partial charge in [-0.3, -0.25) is 4.79 Å². The van der Waals surface area contributed by atoms with Gasteiger partial charge >= 0.3 is 0 Å². The molecule has 0 aliphatic carbocycles. The van der Waals surface area contributed by atoms with E-state index in [4.69, 9.17) is 9.84 Å². The molecule has 0 spiro atoms. The van der Waals surface area contributed by atoms with Gasteiger partial charge in [-0.2, -0.15) is 0 Å². The first-order valence-corrected chi connectivity index (χ1v) is 10.7. The number of ether oxygens (including phenoxy) is 1. The Labute approximate surface area is 198 Å². The van der Waals surface area contributed by atoms with Crippen LogP contribution in [0.5, 0.6) is 23.0 Å². The number of aromatic amines is 1. The molecule has 0 aliphatic heterocycles. The Morgan fingerprint density at radius 3 is 2.24 bits per heavy atom. The fraction of sp³-hybridized carbons (Fsp3) is 0.148. The van der Waals surface area contributed by atoms with Gasteiger partial charge < -0.3 is 30.4 Å². The maximum absolute atomic E-state index is 10.8. The second kappa shape index (κ2) is 11.5. The third kappa shape index (κ3) is 7.06. The van der Waals surface area contributed by atoms with Crippen molar-refractivity contribution < 1.29 is 24.9 Å². The van der Waals surface area contributed by atoms with Crippen LogP contribution in [-0.2, 0) is 11.2 Å². The molecule has 0 unspecified atom stereocenters. The van der Waals surface area contributed by atoms with Gasteiger partial charge in [0.2, 0.25) is 5.91 Å². The maximum Gasteiger partial charge on any atom is 0.216 e. The van der Waals surface area contributed by atoms with Gasteiger partial charge in [0, 0.05) is 36.6 Å². The Hall–Kier alpha value is -4.39. The highest BCUT2D eigenvalue weighted by atomic mass is 16.5. The lowest BCUT2D eigenvalue weighted by Crippen LogP contribution is -2.22. The number of aromatic hydroxyl groups is 3. The SMILES string of the molecule is COc1ccc2[nH]cc(CCNC(C)=O)c2c1.Oc1ccc(/C=C/c2cc(O)cc(O)c2)cc1. The molecule has 34 heavy (non-hydrogen) atoms. The number of phenolic OH excluding ortho intramolecular Hbond substituents is 3. The Morgan fingerprint density at radius 1 is 0.912 bits per heavy atom. The third-order valence-electron chi connectivity index (χ3n) is 5.03. The number of H-pyrrole nitrogens is 1. The molecule has 7 nitrogen and oxygen atoms in total. The Morgan fingerprint density at radius 2 is 1.59 bits per heavy atom. The number of hydrogen-bond donors (Lipinski definition) is 5. The van der Waals surface area contributed by atoms with E-state index in [2.05, 4.69) is 10.3 Å². The van der Waals surface area contributed by atoms with Crippen molar-refractivity contribution in [3.8, 4) is 23.0 Å². The predicted octanol–water partition coefficient (Wildman–Crippen LogP) is 4.83. The average Bonchev–Trinajstić information content (AvgIpc) is 3.20. The zero-order valence-electron chi connectivity index (χ0n) is 19.1. The number of hydrogen-bond acceptors (Lipinski definition) is 5. The van der Waals surface area contributed by atoms with E-state index in [0.717, 1.165) is 28.6 Å². The van der Waals surface area contributed by atoms with E-state index in [9.17, 15) is 15.0 Å². The van der Waals surface area contributed by atoms with Crippen LogP contribution in [-0.4, -0.2) is 39.9 Å². The maximum atomic E-state index is 10.8. The van der Waals surface area contributed by atoms with Crippen LogP contribution in [0.2, 0.25) is 0 Å². The lowest BCUT2D eigenvalue weighted by Gasteiger charge is -2.03. The van der Waals surface area contributed by atoms with Crippen LogP contribution in [0, 0.1) is 0 Å². The number of fused-ring (bicyclic) bond motifs is 1. The smallest absolute Gasteiger partial charge is 0.216 e. The number of carbonyl (C=O) groups excluding carboxylic acids is 1. The number of phenols is 3. The van der Waals surface area contributed by atoms with Crippen molar-refractivity contribution in [1.29, 1.82) is 0 Å². The first-order chi connectivity index (χ1) is 16.3. The topological polar surface area (TPSA) is 115 Å². The molecule has 0 saturated heterocycles. The first kappa shape index (κ1) is 24.3. The molecule has 4 aromatic rings. The molecule has 0 atom stereocenters. The van der Waals surface area contributed by atoms with Gasteiger partial charge in [0.1, 0.15) is 23.0 Å². The highest BCUT2D eigenvalue weighted by molar-refractivity contribution is 5.84. The highest BCUT2D eigenvalue weighted by Crippen LogP contribution is 2.24. The summed E-state index contributed by atoms with van der Waals surface area (Å²) in [5.41, 5.74) is 3.90. The number of methoxy groups -OCH3 is 1. The summed E-state index contributed by atoms with van der Waals surface area (Å²) in [4.78, 5) is 14.0. The lowest BCUT2D eigenvalue weighted by molar-refractivity contribution is -0.118. The summed E-state index contributed by atoms with van der Waals surface area (Å²) in [5.74, 6) is 1.11. The Balaban J connectivity index is 0.000000191. The average molecular weight is 461 g/mol. The van der Waals surface area contributed by atoms with Crippen molar-refractivity contribution in [2.24, 2.45) is 0 Å². The van der Waals surface area contributed by atoms with Crippen molar-refractivity contribution in [2.45, 2.75) is 13.3 Å². The monoisotopic (exact) mass is 460 g/mol. The molecular weight excluding hydrogens is 432 g/mol. The van der Waals surface area contributed by atoms with Crippen LogP contribution in [0.15, 0.2) is 66.9 Å². The summed E-state index contributed by atoms with van der Waals surface area (Å²) in [6.45, 7) is 2.18. The van der Waals surface area contributed by atoms with Crippen molar-refractivity contribution in [3.63, 3.8) is 0 Å². The van der Waals surface area contributed by atoms with Gasteiger partial charge in [0.25, 0.3) is 0 Å². The summed E-state index contributed by atoms with van der Waals surface area (Å²) in [6, 6.07) is 17.1. The third-order valence-corrected chi connectivity index (χ3v) is 5.03. The zero-order chi connectivity index (χ0) is 24.5. The van der Waals surface area contributed by atoms with Gasteiger partial charge in [-0.15, -0.1) is 0 Å². The van der Waals surface area contributed by atoms with Crippen molar-refractivity contribution in [2.75, 3.05) is 13.7 Å². The lowest BCUT2D eigenvalue weighted by atomic mass is 10.1. The first-order valence-electron chi connectivity index (χ1n) is 10.7. The quantitative estimate of drug-likeness (QED) is 0.265. The number of rotatable bonds is 6. The number of nitrogens with one attached hydrogen (secondary N) is 2. The van der Waals surface area contributed by atoms with E-state index in [-0.39, 0.29) is 23.2 Å². The molecule has 1 heterocycles. The van der Waals surface area contributed by atoms with Gasteiger partial charge in [0.05, 0.1) is 7.11 Å². The molecule has 1 aromatic heterocycles. The minimum Gasteiger partial charge on any atom is -0.508 e. The van der Waals surface area contributed by atoms with Crippen LogP contribution in [0.3, 0.4) is 0 Å². The van der Waals surface area contributed by atoms with Crippen LogP contribution < -0.4 is 10.1 Å². The fourth-order valence-electron chi connectivity index (χ4n) is 3.36. The summed E-state index contributed by atoms with van der Waals surface area (Å²) in [6.07, 6.45) is 6.39. The highest BCUT2D eigenvalue weighted by Gasteiger charge is 2.05. The molecule has 0 saturated carbocycles. The van der Waals surface area contributed by atoms with E-state index in [0.29, 0.717) is 12.1 Å². The van der Waals surface area contributed by atoms with Gasteiger partial charge in [-0.25, -0.2) is 0 Å². The van der Waals surface area contributed by atoms with Crippen LogP contribution in [0.1, 0.15) is 23.6 Å². The summed E-state index contributed by atoms with van der Waals surface area (Å²) >= 11 is 0. The van der Waals surface area contributed by atoms with Gasteiger partial charge in [-0.05, 0) is 65.6 Å². The van der Waals surface area contributed by atoms with Crippen molar-refractivity contribution in [1.82, 2.24) is 10.3 Å². The molecule has 4 rings (SSSR count). The molecule has 0 bridgehead atoms. The number of aromatic nitrogens is 1. The standard InChI is InChI=1S/C14H12O3.C13H16N2O2/c15-12-5-3-10(4-6-12)1-2-11-7-13(16)9-14(17)8-11;1-9(16)14-6-5-10-8-15-13-4-3-11(17-2)7-12(10)13/h1-9,15-17H;3-4,7-8,15H,5-6H2,1-2H3,(H,14,16)/b2-1+;. The summed E-state index contributed by atoms with van der Waals surface area (Å²) in [5, 5.41) is 31.7. The van der Waals surface area contributed by atoms with Crippen LogP contribution in [0.25, 0.3) is 23.1 Å². The second-order valence-corrected chi connectivity index (χ2v) is 7.67. The predicted molar refractivity (Wildman–Crippen MR) is 134 cm³/mol. The molecule has 0 fully saturated rings. The van der Waals surface area contributed by atoms with Crippen molar-refractivity contribution >= 4 is 29.0 Å². The van der Waals surface area contributed by atoms with E-state index < -0.39 is 0 Å². The van der Waals surface area contributed by atoms with Crippen LogP contribution >= 0.6 is 0 Å². The molecule has 176 valence electrons. The van der Waals surface area contributed by atoms with E-state index >= 15 is 0 Å². The number of carbonyl (C=O) groups is 1. The minimum atomic E-state index is 0.00224. The molecule has 5 N–H and O–H groups in total. The van der Waals surface area contributed by atoms with E-state index in [1.165, 1.54) is 18.6 Å². The molecule has 3 aromatic carbocycles. The minimum absolute atomic E-state index is 0.00224. The fourth-order valence-corrected chi connectivity index (χ4v) is 3.36. The van der Waals surface area contributed by atoms with Crippen molar-refractivity contribution in [3.05, 3.63) is 83.6 Å². The molecular formula is C27H28N2O5. The van der Waals surface area contributed by atoms with Crippen LogP contribution in [0.4, 0.5) is 0 Å². The second-order valence-electron chi connectivity index (χ2n) is 7.67. The zero-order valence-corrected chi connectivity index (χ0v) is 19.1. The van der Waals surface area contributed by atoms with Gasteiger partial charge in [-0.1, -0.05) is 24.3 Å². The van der Waals surface area contributed by atoms with E-state index in [1.807, 2.05) is 30.5 Å². The Kier molecular flexibility index (Phi) is 8.18. The van der Waals surface area contributed by atoms with E-state index in [1.54, 1.807) is 49.6 Å². The molecule has 7 heteroatoms. The summed E-state index contributed by atoms with van der Waals surface area (Å²) < 4.78 is 5.21. The van der Waals surface area contributed by atoms with Gasteiger partial charge in [0.15, 0.2) is 0 Å². The number of benzene rings is 3. The molecule has 0 aliphatic rings.